The van der Waals surface area contributed by atoms with Gasteiger partial charge in [-0.2, -0.15) is 0 Å². The highest BCUT2D eigenvalue weighted by atomic mass is 15.2. The molecular formula is C10H18N2. The summed E-state index contributed by atoms with van der Waals surface area (Å²) in [4.78, 5) is 2.28. The summed E-state index contributed by atoms with van der Waals surface area (Å²) in [5.74, 6) is 0.878. The third-order valence-electron chi connectivity index (χ3n) is 3.36. The minimum atomic E-state index is 0.552. The summed E-state index contributed by atoms with van der Waals surface area (Å²) in [5, 5.41) is 7.71. The molecule has 0 atom stereocenters. The van der Waals surface area contributed by atoms with E-state index in [1.807, 2.05) is 0 Å². The number of nitrogens with one attached hydrogen (secondary N) is 1. The number of nitrogens with zero attached hydrogens (tertiary/aromatic N) is 1. The predicted octanol–water partition coefficient (Wildman–Crippen LogP) is 2.25. The van der Waals surface area contributed by atoms with Crippen molar-refractivity contribution in [3.05, 3.63) is 0 Å². The van der Waals surface area contributed by atoms with Crippen molar-refractivity contribution < 1.29 is 0 Å². The van der Waals surface area contributed by atoms with Crippen LogP contribution in [0.4, 0.5) is 0 Å². The van der Waals surface area contributed by atoms with E-state index in [1.54, 1.807) is 0 Å². The van der Waals surface area contributed by atoms with E-state index in [0.29, 0.717) is 5.41 Å². The van der Waals surface area contributed by atoms with E-state index >= 15 is 0 Å². The second-order valence-electron chi connectivity index (χ2n) is 4.64. The zero-order chi connectivity index (χ0) is 8.60. The van der Waals surface area contributed by atoms with Crippen LogP contribution in [0.3, 0.4) is 0 Å². The van der Waals surface area contributed by atoms with Crippen LogP contribution in [0.2, 0.25) is 0 Å². The van der Waals surface area contributed by atoms with Crippen molar-refractivity contribution in [1.29, 1.82) is 5.41 Å². The molecule has 12 heavy (non-hydrogen) atoms. The maximum absolute atomic E-state index is 7.71. The van der Waals surface area contributed by atoms with E-state index in [9.17, 15) is 0 Å². The van der Waals surface area contributed by atoms with Gasteiger partial charge in [-0.3, -0.25) is 5.41 Å². The first kappa shape index (κ1) is 8.09. The fourth-order valence-corrected chi connectivity index (χ4v) is 2.30. The predicted molar refractivity (Wildman–Crippen MR) is 50.5 cm³/mol. The van der Waals surface area contributed by atoms with Crippen molar-refractivity contribution in [3.63, 3.8) is 0 Å². The van der Waals surface area contributed by atoms with Gasteiger partial charge in [0.05, 0.1) is 5.84 Å². The Bertz CT molecular complexity index is 194. The molecule has 1 heterocycles. The molecule has 2 heteroatoms. The van der Waals surface area contributed by atoms with Gasteiger partial charge >= 0.3 is 0 Å². The maximum atomic E-state index is 7.71. The molecule has 0 aromatic heterocycles. The van der Waals surface area contributed by atoms with Crippen LogP contribution in [0, 0.1) is 10.8 Å². The first-order valence-corrected chi connectivity index (χ1v) is 5.02. The van der Waals surface area contributed by atoms with E-state index in [4.69, 9.17) is 5.41 Å². The lowest BCUT2D eigenvalue weighted by Gasteiger charge is -2.41. The average Bonchev–Trinajstić information content (AvgIpc) is 2.34. The molecule has 0 aromatic carbocycles. The van der Waals surface area contributed by atoms with Gasteiger partial charge in [-0.15, -0.1) is 0 Å². The molecule has 0 spiro atoms. The first-order chi connectivity index (χ1) is 5.70. The molecule has 0 unspecified atom stereocenters. The second kappa shape index (κ2) is 2.75. The summed E-state index contributed by atoms with van der Waals surface area (Å²) < 4.78 is 0. The molecule has 1 aliphatic carbocycles. The van der Waals surface area contributed by atoms with Gasteiger partial charge in [0, 0.05) is 19.5 Å². The Morgan fingerprint density at radius 3 is 2.58 bits per heavy atom. The topological polar surface area (TPSA) is 27.1 Å². The van der Waals surface area contributed by atoms with Gasteiger partial charge in [-0.05, 0) is 24.7 Å². The summed E-state index contributed by atoms with van der Waals surface area (Å²) in [6.45, 7) is 4.64. The van der Waals surface area contributed by atoms with E-state index in [1.165, 1.54) is 25.7 Å². The largest absolute Gasteiger partial charge is 0.360 e. The zero-order valence-electron chi connectivity index (χ0n) is 7.90. The third-order valence-corrected chi connectivity index (χ3v) is 3.36. The number of amidine groups is 1. The van der Waals surface area contributed by atoms with Gasteiger partial charge in [-0.1, -0.05) is 13.3 Å². The minimum absolute atomic E-state index is 0.552. The minimum Gasteiger partial charge on any atom is -0.360 e. The lowest BCUT2D eigenvalue weighted by Crippen LogP contribution is -2.40. The monoisotopic (exact) mass is 166 g/mol. The molecule has 1 saturated heterocycles. The molecule has 0 bridgehead atoms. The van der Waals surface area contributed by atoms with E-state index < -0.39 is 0 Å². The van der Waals surface area contributed by atoms with Crippen LogP contribution in [0.1, 0.15) is 39.0 Å². The Balaban J connectivity index is 1.89. The Morgan fingerprint density at radius 1 is 1.42 bits per heavy atom. The highest BCUT2D eigenvalue weighted by Crippen LogP contribution is 2.41. The summed E-state index contributed by atoms with van der Waals surface area (Å²) in [5.41, 5.74) is 0.552. The molecule has 1 N–H and O–H groups in total. The fourth-order valence-electron chi connectivity index (χ4n) is 2.30. The molecule has 2 rings (SSSR count). The molecule has 2 fully saturated rings. The SMILES string of the molecule is CC1(CN2CCCC2=N)CCC1. The van der Waals surface area contributed by atoms with Gasteiger partial charge in [0.25, 0.3) is 0 Å². The van der Waals surface area contributed by atoms with Crippen LogP contribution < -0.4 is 0 Å². The molecular weight excluding hydrogens is 148 g/mol. The van der Waals surface area contributed by atoms with Crippen LogP contribution in [-0.2, 0) is 0 Å². The number of rotatable bonds is 2. The third kappa shape index (κ3) is 1.35. The van der Waals surface area contributed by atoms with Gasteiger partial charge < -0.3 is 4.90 Å². The van der Waals surface area contributed by atoms with Crippen molar-refractivity contribution >= 4 is 5.84 Å². The van der Waals surface area contributed by atoms with Crippen molar-refractivity contribution in [3.8, 4) is 0 Å². The standard InChI is InChI=1S/C10H18N2/c1-10(5-3-6-10)8-12-7-2-4-9(12)11/h11H,2-8H2,1H3. The molecule has 0 aromatic rings. The van der Waals surface area contributed by atoms with Gasteiger partial charge in [-0.25, -0.2) is 0 Å². The molecule has 1 aliphatic heterocycles. The van der Waals surface area contributed by atoms with Crippen molar-refractivity contribution in [2.45, 2.75) is 39.0 Å². The Hall–Kier alpha value is -0.530. The first-order valence-electron chi connectivity index (χ1n) is 5.02. The lowest BCUT2D eigenvalue weighted by molar-refractivity contribution is 0.122. The smallest absolute Gasteiger partial charge is 0.0958 e. The molecule has 68 valence electrons. The second-order valence-corrected chi connectivity index (χ2v) is 4.64. The van der Waals surface area contributed by atoms with Crippen molar-refractivity contribution in [2.24, 2.45) is 5.41 Å². The van der Waals surface area contributed by atoms with Crippen LogP contribution in [-0.4, -0.2) is 23.8 Å². The molecule has 2 nitrogen and oxygen atoms in total. The van der Waals surface area contributed by atoms with E-state index in [2.05, 4.69) is 11.8 Å². The van der Waals surface area contributed by atoms with Crippen molar-refractivity contribution in [2.75, 3.05) is 13.1 Å². The summed E-state index contributed by atoms with van der Waals surface area (Å²) >= 11 is 0. The summed E-state index contributed by atoms with van der Waals surface area (Å²) in [6, 6.07) is 0. The van der Waals surface area contributed by atoms with Crippen molar-refractivity contribution in [1.82, 2.24) is 4.90 Å². The average molecular weight is 166 g/mol. The van der Waals surface area contributed by atoms with Gasteiger partial charge in [0.2, 0.25) is 0 Å². The fraction of sp³-hybridized carbons (Fsp3) is 0.900. The van der Waals surface area contributed by atoms with Crippen LogP contribution >= 0.6 is 0 Å². The van der Waals surface area contributed by atoms with Gasteiger partial charge in [0.15, 0.2) is 0 Å². The molecule has 1 saturated carbocycles. The van der Waals surface area contributed by atoms with Crippen LogP contribution in [0.25, 0.3) is 0 Å². The highest BCUT2D eigenvalue weighted by molar-refractivity contribution is 5.80. The van der Waals surface area contributed by atoms with Crippen LogP contribution in [0.15, 0.2) is 0 Å². The summed E-state index contributed by atoms with van der Waals surface area (Å²) in [6.07, 6.45) is 6.36. The lowest BCUT2D eigenvalue weighted by atomic mass is 9.70. The molecule has 2 aliphatic rings. The van der Waals surface area contributed by atoms with E-state index in [0.717, 1.165) is 25.3 Å². The van der Waals surface area contributed by atoms with Crippen LogP contribution in [0.5, 0.6) is 0 Å². The number of hydrogen-bond donors (Lipinski definition) is 1. The Morgan fingerprint density at radius 2 is 2.17 bits per heavy atom. The Labute approximate surface area is 74.5 Å². The van der Waals surface area contributed by atoms with E-state index in [-0.39, 0.29) is 0 Å². The molecule has 0 amide bonds. The highest BCUT2D eigenvalue weighted by Gasteiger charge is 2.35. The quantitative estimate of drug-likeness (QED) is 0.669. The van der Waals surface area contributed by atoms with Gasteiger partial charge in [0.1, 0.15) is 0 Å². The zero-order valence-corrected chi connectivity index (χ0v) is 7.90. The molecule has 0 radical (unpaired) electrons. The number of hydrogen-bond acceptors (Lipinski definition) is 1. The normalized spacial score (nSPS) is 27.4. The number of likely N-dealkylation sites (tertiary alicyclic amines) is 1. The maximum Gasteiger partial charge on any atom is 0.0958 e. The Kier molecular flexibility index (Phi) is 1.85. The summed E-state index contributed by atoms with van der Waals surface area (Å²) in [7, 11) is 0.